The van der Waals surface area contributed by atoms with E-state index in [-0.39, 0.29) is 0 Å². The molecule has 0 aliphatic carbocycles. The highest BCUT2D eigenvalue weighted by molar-refractivity contribution is 5.15. The maximum Gasteiger partial charge on any atom is 0.171 e. The van der Waals surface area contributed by atoms with Crippen LogP contribution in [0.1, 0.15) is 334 Å². The van der Waals surface area contributed by atoms with Crippen molar-refractivity contribution < 1.29 is 4.57 Å². The lowest BCUT2D eigenvalue weighted by molar-refractivity contribution is -0.698. The van der Waals surface area contributed by atoms with Gasteiger partial charge in [0.2, 0.25) is 0 Å². The Kier molecular flexibility index (Phi) is 45.9. The molecule has 0 radical (unpaired) electrons. The molecule has 1 aromatic heterocycles. The van der Waals surface area contributed by atoms with Gasteiger partial charge in [-0.25, -0.2) is 4.57 Å². The molecule has 1 heteroatoms. The fourth-order valence-corrected chi connectivity index (χ4v) is 9.60. The molecule has 0 spiro atoms. The quantitative estimate of drug-likeness (QED) is 0.0455. The Hall–Kier alpha value is -0.850. The summed E-state index contributed by atoms with van der Waals surface area (Å²) in [6, 6.07) is 2.60. The molecule has 1 aromatic rings. The molecule has 0 aliphatic heterocycles. The summed E-state index contributed by atoms with van der Waals surface area (Å²) >= 11 is 0. The van der Waals surface area contributed by atoms with Gasteiger partial charge in [0.1, 0.15) is 6.54 Å². The van der Waals surface area contributed by atoms with E-state index in [2.05, 4.69) is 43.8 Å². The molecule has 1 rings (SSSR count). The minimum absolute atomic E-state index is 1.22. The van der Waals surface area contributed by atoms with Crippen LogP contribution in [0.4, 0.5) is 0 Å². The first kappa shape index (κ1) is 56.2. The van der Waals surface area contributed by atoms with Crippen molar-refractivity contribution in [3.63, 3.8) is 0 Å². The van der Waals surface area contributed by atoms with Crippen molar-refractivity contribution in [2.24, 2.45) is 0 Å². The van der Waals surface area contributed by atoms with E-state index in [1.54, 1.807) is 11.1 Å². The van der Waals surface area contributed by atoms with E-state index in [1.807, 2.05) is 0 Å². The van der Waals surface area contributed by atoms with Gasteiger partial charge in [0.05, 0.1) is 0 Å². The Morgan fingerprint density at radius 2 is 0.424 bits per heavy atom. The third kappa shape index (κ3) is 42.2. The summed E-state index contributed by atoms with van der Waals surface area (Å²) in [5.74, 6) is 0. The molecule has 348 valence electrons. The van der Waals surface area contributed by atoms with Crippen LogP contribution in [0.15, 0.2) is 18.5 Å². The van der Waals surface area contributed by atoms with Crippen LogP contribution in [-0.4, -0.2) is 0 Å². The number of hydrogen-bond donors (Lipinski definition) is 0. The summed E-state index contributed by atoms with van der Waals surface area (Å²) in [5.41, 5.74) is 3.23. The number of pyridine rings is 1. The molecule has 0 aliphatic rings. The molecule has 59 heavy (non-hydrogen) atoms. The van der Waals surface area contributed by atoms with Crippen molar-refractivity contribution >= 4 is 0 Å². The maximum absolute atomic E-state index is 2.60. The first-order chi connectivity index (χ1) is 29.3. The van der Waals surface area contributed by atoms with Crippen LogP contribution in [0.2, 0.25) is 0 Å². The zero-order chi connectivity index (χ0) is 42.2. The summed E-state index contributed by atoms with van der Waals surface area (Å²) in [6.45, 7) is 8.17. The Morgan fingerprint density at radius 1 is 0.237 bits per heavy atom. The summed E-state index contributed by atoms with van der Waals surface area (Å²) in [5, 5.41) is 0. The lowest BCUT2D eigenvalue weighted by Crippen LogP contribution is -2.34. The van der Waals surface area contributed by atoms with E-state index in [9.17, 15) is 0 Å². The van der Waals surface area contributed by atoms with Crippen molar-refractivity contribution in [3.8, 4) is 0 Å². The van der Waals surface area contributed by atoms with Gasteiger partial charge in [-0.3, -0.25) is 0 Å². The molecular formula is C58H112N+. The summed E-state index contributed by atoms with van der Waals surface area (Å²) < 4.78 is 2.60. The number of nitrogens with zero attached hydrogens (tertiary/aromatic N) is 1. The van der Waals surface area contributed by atoms with Crippen molar-refractivity contribution in [1.29, 1.82) is 0 Å². The Labute approximate surface area is 374 Å². The smallest absolute Gasteiger partial charge is 0.171 e. The molecule has 0 bridgehead atoms. The van der Waals surface area contributed by atoms with Crippen LogP contribution in [0.25, 0.3) is 0 Å². The van der Waals surface area contributed by atoms with Crippen LogP contribution in [0.5, 0.6) is 0 Å². The molecule has 0 saturated carbocycles. The Bertz CT molecular complexity index is 866. The van der Waals surface area contributed by atoms with Gasteiger partial charge in [-0.05, 0) is 38.2 Å². The second kappa shape index (κ2) is 48.2. The number of aromatic nitrogens is 1. The highest BCUT2D eigenvalue weighted by atomic mass is 14.9. The second-order valence-corrected chi connectivity index (χ2v) is 19.8. The second-order valence-electron chi connectivity index (χ2n) is 19.8. The van der Waals surface area contributed by atoms with Crippen molar-refractivity contribution in [2.75, 3.05) is 0 Å². The van der Waals surface area contributed by atoms with Crippen molar-refractivity contribution in [1.82, 2.24) is 0 Å². The molecule has 0 unspecified atom stereocenters. The SMILES string of the molecule is CCCCCCCCCCCCCCCCCCc1cc(CCCCCCCCCCCCCCCCCC)c[n+](CCCCCCCCCCCCCCCCC)c1. The number of aryl methyl sites for hydroxylation is 3. The molecule has 0 saturated heterocycles. The normalized spacial score (nSPS) is 11.6. The third-order valence-corrected chi connectivity index (χ3v) is 13.7. The fraction of sp³-hybridized carbons (Fsp3) is 0.914. The van der Waals surface area contributed by atoms with Crippen LogP contribution >= 0.6 is 0 Å². The van der Waals surface area contributed by atoms with E-state index in [4.69, 9.17) is 0 Å². The molecule has 0 N–H and O–H groups in total. The average molecular weight is 824 g/mol. The topological polar surface area (TPSA) is 3.88 Å². The van der Waals surface area contributed by atoms with Crippen LogP contribution < -0.4 is 4.57 Å². The molecule has 0 amide bonds. The Balaban J connectivity index is 2.27. The molecule has 0 aromatic carbocycles. The number of rotatable bonds is 50. The zero-order valence-electron chi connectivity index (χ0n) is 41.5. The standard InChI is InChI=1S/C58H112N/c1-4-7-10-13-16-19-22-25-28-30-33-36-39-42-45-48-51-57-54-58(52-49-46-43-40-37-34-31-29-26-23-20-17-14-11-8-5-2)56-59(55-57)53-50-47-44-41-38-35-32-27-24-21-18-15-12-9-6-3/h54-56H,4-53H2,1-3H3/q+1. The monoisotopic (exact) mass is 823 g/mol. The molecule has 1 nitrogen and oxygen atoms in total. The van der Waals surface area contributed by atoms with Crippen LogP contribution in [0, 0.1) is 0 Å². The zero-order valence-corrected chi connectivity index (χ0v) is 41.5. The van der Waals surface area contributed by atoms with E-state index in [1.165, 1.54) is 321 Å². The van der Waals surface area contributed by atoms with E-state index >= 15 is 0 Å². The van der Waals surface area contributed by atoms with Gasteiger partial charge in [-0.1, -0.05) is 297 Å². The highest BCUT2D eigenvalue weighted by Gasteiger charge is 2.09. The molecular weight excluding hydrogens is 711 g/mol. The van der Waals surface area contributed by atoms with Gasteiger partial charge in [0.15, 0.2) is 12.4 Å². The highest BCUT2D eigenvalue weighted by Crippen LogP contribution is 2.18. The fourth-order valence-electron chi connectivity index (χ4n) is 9.60. The summed E-state index contributed by atoms with van der Waals surface area (Å²) in [6.07, 6.45) is 75.7. The van der Waals surface area contributed by atoms with Crippen LogP contribution in [0.3, 0.4) is 0 Å². The minimum atomic E-state index is 1.22. The predicted octanol–water partition coefficient (Wildman–Crippen LogP) is 20.5. The molecule has 0 atom stereocenters. The molecule has 0 fully saturated rings. The average Bonchev–Trinajstić information content (AvgIpc) is 3.24. The largest absolute Gasteiger partial charge is 0.205 e. The third-order valence-electron chi connectivity index (χ3n) is 13.7. The number of unbranched alkanes of at least 4 members (excludes halogenated alkanes) is 44. The lowest BCUT2D eigenvalue weighted by Gasteiger charge is -2.08. The van der Waals surface area contributed by atoms with Crippen molar-refractivity contribution in [2.45, 2.75) is 342 Å². The Morgan fingerprint density at radius 3 is 0.644 bits per heavy atom. The minimum Gasteiger partial charge on any atom is -0.205 e. The lowest BCUT2D eigenvalue weighted by atomic mass is 10.0. The van der Waals surface area contributed by atoms with Gasteiger partial charge >= 0.3 is 0 Å². The van der Waals surface area contributed by atoms with E-state index < -0.39 is 0 Å². The predicted molar refractivity (Wildman–Crippen MR) is 268 cm³/mol. The first-order valence-electron chi connectivity index (χ1n) is 28.3. The first-order valence-corrected chi connectivity index (χ1v) is 28.3. The van der Waals surface area contributed by atoms with Gasteiger partial charge in [-0.15, -0.1) is 0 Å². The van der Waals surface area contributed by atoms with E-state index in [0.29, 0.717) is 0 Å². The number of hydrogen-bond acceptors (Lipinski definition) is 0. The van der Waals surface area contributed by atoms with Gasteiger partial charge in [0, 0.05) is 17.5 Å². The van der Waals surface area contributed by atoms with E-state index in [0.717, 1.165) is 0 Å². The van der Waals surface area contributed by atoms with Crippen LogP contribution in [-0.2, 0) is 19.4 Å². The summed E-state index contributed by atoms with van der Waals surface area (Å²) in [4.78, 5) is 0. The molecule has 1 heterocycles. The van der Waals surface area contributed by atoms with Gasteiger partial charge in [0.25, 0.3) is 0 Å². The summed E-state index contributed by atoms with van der Waals surface area (Å²) in [7, 11) is 0. The maximum atomic E-state index is 2.60. The van der Waals surface area contributed by atoms with Gasteiger partial charge < -0.3 is 0 Å². The van der Waals surface area contributed by atoms with Crippen molar-refractivity contribution in [3.05, 3.63) is 29.6 Å². The van der Waals surface area contributed by atoms with Gasteiger partial charge in [-0.2, -0.15) is 0 Å².